The van der Waals surface area contributed by atoms with Gasteiger partial charge < -0.3 is 34.6 Å². The van der Waals surface area contributed by atoms with Crippen molar-refractivity contribution in [1.82, 2.24) is 0 Å². The minimum atomic E-state index is -0.489. The van der Waals surface area contributed by atoms with Gasteiger partial charge in [-0.2, -0.15) is 0 Å². The lowest BCUT2D eigenvalue weighted by atomic mass is 9.99. The van der Waals surface area contributed by atoms with E-state index in [9.17, 15) is 25.2 Å². The van der Waals surface area contributed by atoms with Crippen LogP contribution in [-0.2, 0) is 19.0 Å². The van der Waals surface area contributed by atoms with Crippen LogP contribution in [0.25, 0.3) is 0 Å². The number of carbonyl (C=O) groups excluding carboxylic acids is 1. The monoisotopic (exact) mass is 638 g/mol. The molecule has 0 amide bonds. The summed E-state index contributed by atoms with van der Waals surface area (Å²) in [5, 5.41) is 41.9. The van der Waals surface area contributed by atoms with E-state index in [0.717, 1.165) is 128 Å². The fraction of sp³-hybridized carbons (Fsp3) is 0.919. The molecule has 262 valence electrons. The quantitative estimate of drug-likeness (QED) is 0.0634. The smallest absolute Gasteiger partial charge is 0.334 e. The van der Waals surface area contributed by atoms with Crippen molar-refractivity contribution in [2.75, 3.05) is 0 Å². The molecule has 3 rings (SSSR count). The van der Waals surface area contributed by atoms with E-state index in [0.29, 0.717) is 12.8 Å². The van der Waals surface area contributed by atoms with Crippen LogP contribution < -0.4 is 0 Å². The molecule has 0 radical (unpaired) electrons. The molecule has 4 N–H and O–H groups in total. The summed E-state index contributed by atoms with van der Waals surface area (Å²) in [7, 11) is 0. The Labute approximate surface area is 273 Å². The number of hydrogen-bond donors (Lipinski definition) is 4. The highest BCUT2D eigenvalue weighted by molar-refractivity contribution is 5.90. The molecular formula is C37H66O8. The molecule has 9 atom stereocenters. The van der Waals surface area contributed by atoms with Gasteiger partial charge in [-0.25, -0.2) is 4.79 Å². The molecule has 2 fully saturated rings. The van der Waals surface area contributed by atoms with Gasteiger partial charge in [0.1, 0.15) is 6.10 Å². The maximum Gasteiger partial charge on any atom is 0.334 e. The maximum absolute atomic E-state index is 11.6. The summed E-state index contributed by atoms with van der Waals surface area (Å²) < 4.78 is 17.6. The summed E-state index contributed by atoms with van der Waals surface area (Å²) in [6.45, 7) is 4.06. The second kappa shape index (κ2) is 21.8. The number of cyclic esters (lactones) is 1. The number of esters is 1. The first-order chi connectivity index (χ1) is 21.8. The highest BCUT2D eigenvalue weighted by Crippen LogP contribution is 2.34. The number of rotatable bonds is 25. The Morgan fingerprint density at radius 3 is 1.58 bits per heavy atom. The Balaban J connectivity index is 1.16. The first-order valence-electron chi connectivity index (χ1n) is 18.7. The van der Waals surface area contributed by atoms with Gasteiger partial charge in [0.2, 0.25) is 0 Å². The fourth-order valence-electron chi connectivity index (χ4n) is 7.29. The van der Waals surface area contributed by atoms with Crippen molar-refractivity contribution in [3.8, 4) is 0 Å². The van der Waals surface area contributed by atoms with Crippen molar-refractivity contribution < 1.29 is 39.4 Å². The van der Waals surface area contributed by atoms with E-state index in [1.807, 2.05) is 13.0 Å². The number of hydrogen-bond acceptors (Lipinski definition) is 8. The molecule has 3 aliphatic rings. The highest BCUT2D eigenvalue weighted by Gasteiger charge is 2.40. The molecular weight excluding hydrogens is 572 g/mol. The molecule has 0 bridgehead atoms. The van der Waals surface area contributed by atoms with Gasteiger partial charge in [0, 0.05) is 5.57 Å². The summed E-state index contributed by atoms with van der Waals surface area (Å²) >= 11 is 0. The lowest BCUT2D eigenvalue weighted by Crippen LogP contribution is -2.33. The van der Waals surface area contributed by atoms with Gasteiger partial charge in [-0.3, -0.25) is 0 Å². The summed E-state index contributed by atoms with van der Waals surface area (Å²) in [6.07, 6.45) is 21.4. The maximum atomic E-state index is 11.6. The Hall–Kier alpha value is -1.03. The van der Waals surface area contributed by atoms with E-state index in [2.05, 4.69) is 6.92 Å². The third-order valence-corrected chi connectivity index (χ3v) is 10.1. The molecule has 0 aromatic carbocycles. The second-order valence-electron chi connectivity index (χ2n) is 14.2. The van der Waals surface area contributed by atoms with Gasteiger partial charge in [0.25, 0.3) is 0 Å². The minimum Gasteiger partial charge on any atom is -0.455 e. The minimum absolute atomic E-state index is 0.00954. The third kappa shape index (κ3) is 14.7. The summed E-state index contributed by atoms with van der Waals surface area (Å²) in [6, 6.07) is 0. The van der Waals surface area contributed by atoms with Crippen molar-refractivity contribution >= 4 is 5.97 Å². The number of aliphatic hydroxyl groups is 4. The largest absolute Gasteiger partial charge is 0.455 e. The van der Waals surface area contributed by atoms with Crippen molar-refractivity contribution in [2.24, 2.45) is 0 Å². The molecule has 3 aliphatic heterocycles. The topological polar surface area (TPSA) is 126 Å². The van der Waals surface area contributed by atoms with Crippen molar-refractivity contribution in [3.05, 3.63) is 11.6 Å². The number of ether oxygens (including phenoxy) is 3. The van der Waals surface area contributed by atoms with Crippen LogP contribution in [0.3, 0.4) is 0 Å². The zero-order valence-electron chi connectivity index (χ0n) is 28.5. The Morgan fingerprint density at radius 2 is 1.09 bits per heavy atom. The molecule has 0 aromatic heterocycles. The molecule has 0 aromatic rings. The van der Waals surface area contributed by atoms with Gasteiger partial charge in [-0.15, -0.1) is 0 Å². The molecule has 3 heterocycles. The summed E-state index contributed by atoms with van der Waals surface area (Å²) in [5.41, 5.74) is 0.822. The van der Waals surface area contributed by atoms with Crippen molar-refractivity contribution in [3.63, 3.8) is 0 Å². The van der Waals surface area contributed by atoms with Crippen LogP contribution >= 0.6 is 0 Å². The van der Waals surface area contributed by atoms with E-state index in [1.54, 1.807) is 0 Å². The molecule has 9 unspecified atom stereocenters. The summed E-state index contributed by atoms with van der Waals surface area (Å²) in [5.74, 6) is -0.157. The lowest BCUT2D eigenvalue weighted by molar-refractivity contribution is -0.139. The van der Waals surface area contributed by atoms with Crippen LogP contribution in [-0.4, -0.2) is 81.3 Å². The Morgan fingerprint density at radius 1 is 0.644 bits per heavy atom. The van der Waals surface area contributed by atoms with Crippen LogP contribution in [0, 0.1) is 0 Å². The van der Waals surface area contributed by atoms with Crippen LogP contribution in [0.15, 0.2) is 11.6 Å². The van der Waals surface area contributed by atoms with E-state index in [-0.39, 0.29) is 48.7 Å². The van der Waals surface area contributed by atoms with Gasteiger partial charge in [0.05, 0.1) is 48.8 Å². The molecule has 8 heteroatoms. The van der Waals surface area contributed by atoms with Gasteiger partial charge in [-0.1, -0.05) is 77.6 Å². The first-order valence-corrected chi connectivity index (χ1v) is 18.7. The van der Waals surface area contributed by atoms with Crippen LogP contribution in [0.5, 0.6) is 0 Å². The fourth-order valence-corrected chi connectivity index (χ4v) is 7.29. The number of aliphatic hydroxyl groups excluding tert-OH is 4. The predicted molar refractivity (Wildman–Crippen MR) is 177 cm³/mol. The standard InChI is InChI=1S/C37H66O8/c1-3-4-8-16-29(38)18-11-13-20-31(40)33-22-24-35(44-33)36-25-23-34(45-36)32(41)21-14-12-19-30(39)17-10-7-5-6-9-15-28-26-27(2)43-37(28)42/h26-27,29-36,38-41H,3-25H2,1-2H3. The van der Waals surface area contributed by atoms with Crippen LogP contribution in [0.2, 0.25) is 0 Å². The molecule has 0 aliphatic carbocycles. The van der Waals surface area contributed by atoms with E-state index in [4.69, 9.17) is 14.2 Å². The molecule has 0 spiro atoms. The number of unbranched alkanes of at least 4 members (excludes halogenated alkanes) is 8. The molecule has 45 heavy (non-hydrogen) atoms. The second-order valence-corrected chi connectivity index (χ2v) is 14.2. The Kier molecular flexibility index (Phi) is 18.6. The predicted octanol–water partition coefficient (Wildman–Crippen LogP) is 6.83. The normalized spacial score (nSPS) is 27.8. The highest BCUT2D eigenvalue weighted by atomic mass is 16.6. The van der Waals surface area contributed by atoms with Gasteiger partial charge in [-0.05, 0) is 90.0 Å². The van der Waals surface area contributed by atoms with Crippen molar-refractivity contribution in [2.45, 2.75) is 216 Å². The van der Waals surface area contributed by atoms with E-state index < -0.39 is 12.2 Å². The van der Waals surface area contributed by atoms with Crippen LogP contribution in [0.1, 0.15) is 162 Å². The van der Waals surface area contributed by atoms with Crippen molar-refractivity contribution in [1.29, 1.82) is 0 Å². The van der Waals surface area contributed by atoms with Gasteiger partial charge in [0.15, 0.2) is 0 Å². The van der Waals surface area contributed by atoms with Crippen LogP contribution in [0.4, 0.5) is 0 Å². The average molecular weight is 639 g/mol. The van der Waals surface area contributed by atoms with E-state index >= 15 is 0 Å². The zero-order chi connectivity index (χ0) is 32.4. The average Bonchev–Trinajstić information content (AvgIpc) is 3.77. The zero-order valence-corrected chi connectivity index (χ0v) is 28.5. The van der Waals surface area contributed by atoms with Gasteiger partial charge >= 0.3 is 5.97 Å². The SMILES string of the molecule is CCCCCC(O)CCCCC(O)C1CCC(C2CCC(C(O)CCCCC(O)CCCCCCCC3=CC(C)OC3=O)O2)O1. The lowest BCUT2D eigenvalue weighted by Gasteiger charge is -2.24. The summed E-state index contributed by atoms with van der Waals surface area (Å²) in [4.78, 5) is 11.6. The Bertz CT molecular complexity index is 833. The van der Waals surface area contributed by atoms with E-state index in [1.165, 1.54) is 12.8 Å². The molecule has 0 saturated carbocycles. The number of carbonyl (C=O) groups is 1. The third-order valence-electron chi connectivity index (χ3n) is 10.1. The molecule has 8 nitrogen and oxygen atoms in total. The first kappa shape index (κ1) is 38.4. The molecule has 2 saturated heterocycles.